The van der Waals surface area contributed by atoms with Gasteiger partial charge in [0.1, 0.15) is 0 Å². The molecule has 0 saturated carbocycles. The Bertz CT molecular complexity index is 700. The van der Waals surface area contributed by atoms with Crippen LogP contribution in [-0.2, 0) is 21.2 Å². The van der Waals surface area contributed by atoms with Gasteiger partial charge in [0.25, 0.3) is 0 Å². The largest absolute Gasteiger partial charge is 0.478 e. The van der Waals surface area contributed by atoms with Crippen LogP contribution in [0.25, 0.3) is 0 Å². The van der Waals surface area contributed by atoms with Crippen LogP contribution in [0.3, 0.4) is 0 Å². The molecule has 24 heavy (non-hydrogen) atoms. The fourth-order valence-electron chi connectivity index (χ4n) is 2.83. The van der Waals surface area contributed by atoms with E-state index >= 15 is 0 Å². The van der Waals surface area contributed by atoms with Gasteiger partial charge in [0.05, 0.1) is 11.8 Å². The van der Waals surface area contributed by atoms with Gasteiger partial charge in [0.2, 0.25) is 15.9 Å². The summed E-state index contributed by atoms with van der Waals surface area (Å²) in [7, 11) is -3.28. The molecule has 1 aromatic carbocycles. The molecule has 2 rings (SSSR count). The summed E-state index contributed by atoms with van der Waals surface area (Å²) in [5.41, 5.74) is 1.12. The van der Waals surface area contributed by atoms with Crippen LogP contribution in [0.4, 0.5) is 0 Å². The molecule has 132 valence electrons. The Morgan fingerprint density at radius 2 is 1.96 bits per heavy atom. The van der Waals surface area contributed by atoms with E-state index in [2.05, 4.69) is 4.72 Å². The number of aryl methyl sites for hydroxylation is 1. The standard InChI is InChI=1S/C16H22N2O5S/c1-24(22,23)17-14-3-2-10-18(11-14)15(19)9-6-12-4-7-13(8-5-12)16(20)21/h4-5,7-8,14,17H,2-3,6,9-11H2,1H3,(H,20,21)/t14-/m1/s1. The summed E-state index contributed by atoms with van der Waals surface area (Å²) in [6.45, 7) is 1.03. The predicted molar refractivity (Wildman–Crippen MR) is 89.3 cm³/mol. The number of piperidine rings is 1. The Kier molecular flexibility index (Phi) is 5.95. The van der Waals surface area contributed by atoms with Gasteiger partial charge in [-0.1, -0.05) is 12.1 Å². The first kappa shape index (κ1) is 18.4. The number of hydrogen-bond donors (Lipinski definition) is 2. The van der Waals surface area contributed by atoms with Crippen molar-refractivity contribution in [2.24, 2.45) is 0 Å². The lowest BCUT2D eigenvalue weighted by molar-refractivity contribution is -0.132. The molecule has 1 fully saturated rings. The lowest BCUT2D eigenvalue weighted by atomic mass is 10.0. The first-order valence-corrected chi connectivity index (χ1v) is 9.71. The third kappa shape index (κ3) is 5.61. The molecule has 0 radical (unpaired) electrons. The first-order chi connectivity index (χ1) is 11.2. The molecule has 1 amide bonds. The van der Waals surface area contributed by atoms with Crippen LogP contribution in [0.15, 0.2) is 24.3 Å². The van der Waals surface area contributed by atoms with Crippen molar-refractivity contribution in [3.05, 3.63) is 35.4 Å². The zero-order valence-electron chi connectivity index (χ0n) is 13.6. The highest BCUT2D eigenvalue weighted by Gasteiger charge is 2.25. The van der Waals surface area contributed by atoms with Crippen LogP contribution in [0.1, 0.15) is 35.2 Å². The third-order valence-electron chi connectivity index (χ3n) is 3.98. The SMILES string of the molecule is CS(=O)(=O)N[C@@H]1CCCN(C(=O)CCc2ccc(C(=O)O)cc2)C1. The maximum absolute atomic E-state index is 12.3. The Labute approximate surface area is 141 Å². The lowest BCUT2D eigenvalue weighted by Crippen LogP contribution is -2.49. The molecule has 1 aliphatic heterocycles. The smallest absolute Gasteiger partial charge is 0.335 e. The average Bonchev–Trinajstić information content (AvgIpc) is 2.51. The number of carboxylic acid groups (broad SMARTS) is 1. The fraction of sp³-hybridized carbons (Fsp3) is 0.500. The average molecular weight is 354 g/mol. The minimum Gasteiger partial charge on any atom is -0.478 e. The van der Waals surface area contributed by atoms with Crippen molar-refractivity contribution in [1.82, 2.24) is 9.62 Å². The predicted octanol–water partition coefficient (Wildman–Crippen LogP) is 0.858. The number of carbonyl (C=O) groups excluding carboxylic acids is 1. The minimum atomic E-state index is -3.28. The summed E-state index contributed by atoms with van der Waals surface area (Å²) < 4.78 is 25.2. The van der Waals surface area contributed by atoms with Crippen LogP contribution in [0, 0.1) is 0 Å². The molecule has 0 bridgehead atoms. The summed E-state index contributed by atoms with van der Waals surface area (Å²) >= 11 is 0. The second kappa shape index (κ2) is 7.76. The van der Waals surface area contributed by atoms with E-state index in [0.29, 0.717) is 25.9 Å². The highest BCUT2D eigenvalue weighted by molar-refractivity contribution is 7.88. The number of carbonyl (C=O) groups is 2. The minimum absolute atomic E-state index is 0.0164. The van der Waals surface area contributed by atoms with Crippen LogP contribution in [-0.4, -0.2) is 55.7 Å². The van der Waals surface area contributed by atoms with Crippen molar-refractivity contribution in [3.63, 3.8) is 0 Å². The van der Waals surface area contributed by atoms with E-state index in [4.69, 9.17) is 5.11 Å². The van der Waals surface area contributed by atoms with Crippen LogP contribution < -0.4 is 4.72 Å². The number of nitrogens with one attached hydrogen (secondary N) is 1. The Morgan fingerprint density at radius 3 is 2.54 bits per heavy atom. The molecule has 1 heterocycles. The van der Waals surface area contributed by atoms with Crippen molar-refractivity contribution < 1.29 is 23.1 Å². The van der Waals surface area contributed by atoms with Crippen LogP contribution in [0.2, 0.25) is 0 Å². The fourth-order valence-corrected chi connectivity index (χ4v) is 3.62. The van der Waals surface area contributed by atoms with Gasteiger partial charge in [0, 0.05) is 25.6 Å². The van der Waals surface area contributed by atoms with E-state index < -0.39 is 16.0 Å². The second-order valence-corrected chi connectivity index (χ2v) is 7.85. The summed E-state index contributed by atoms with van der Waals surface area (Å²) in [6, 6.07) is 6.24. The van der Waals surface area contributed by atoms with Crippen molar-refractivity contribution in [2.45, 2.75) is 31.7 Å². The number of sulfonamides is 1. The van der Waals surface area contributed by atoms with Gasteiger partial charge < -0.3 is 10.0 Å². The van der Waals surface area contributed by atoms with E-state index in [1.54, 1.807) is 17.0 Å². The molecule has 8 heteroatoms. The summed E-state index contributed by atoms with van der Waals surface area (Å²) in [5, 5.41) is 8.86. The van der Waals surface area contributed by atoms with Crippen molar-refractivity contribution in [1.29, 1.82) is 0 Å². The Hall–Kier alpha value is -1.93. The molecule has 1 atom stereocenters. The molecule has 0 unspecified atom stereocenters. The molecular formula is C16H22N2O5S. The topological polar surface area (TPSA) is 104 Å². The Morgan fingerprint density at radius 1 is 1.29 bits per heavy atom. The maximum Gasteiger partial charge on any atom is 0.335 e. The summed E-state index contributed by atoms with van der Waals surface area (Å²) in [6.07, 6.45) is 3.46. The zero-order valence-corrected chi connectivity index (χ0v) is 14.4. The highest BCUT2D eigenvalue weighted by Crippen LogP contribution is 2.14. The van der Waals surface area contributed by atoms with E-state index in [1.165, 1.54) is 12.1 Å². The van der Waals surface area contributed by atoms with Crippen molar-refractivity contribution in [3.8, 4) is 0 Å². The van der Waals surface area contributed by atoms with Gasteiger partial charge in [-0.25, -0.2) is 17.9 Å². The molecule has 0 spiro atoms. The number of carboxylic acids is 1. The van der Waals surface area contributed by atoms with Gasteiger partial charge in [0.15, 0.2) is 0 Å². The highest BCUT2D eigenvalue weighted by atomic mass is 32.2. The summed E-state index contributed by atoms with van der Waals surface area (Å²) in [4.78, 5) is 24.8. The van der Waals surface area contributed by atoms with Gasteiger partial charge in [-0.15, -0.1) is 0 Å². The lowest BCUT2D eigenvalue weighted by Gasteiger charge is -2.32. The van der Waals surface area contributed by atoms with Crippen LogP contribution in [0.5, 0.6) is 0 Å². The van der Waals surface area contributed by atoms with Gasteiger partial charge in [-0.3, -0.25) is 4.79 Å². The Balaban J connectivity index is 1.86. The van der Waals surface area contributed by atoms with Crippen molar-refractivity contribution >= 4 is 21.9 Å². The quantitative estimate of drug-likeness (QED) is 0.788. The number of aromatic carboxylic acids is 1. The molecule has 1 aliphatic rings. The molecule has 1 saturated heterocycles. The van der Waals surface area contributed by atoms with E-state index in [9.17, 15) is 18.0 Å². The number of nitrogens with zero attached hydrogens (tertiary/aromatic N) is 1. The zero-order chi connectivity index (χ0) is 17.7. The monoisotopic (exact) mass is 354 g/mol. The summed E-state index contributed by atoms with van der Waals surface area (Å²) in [5.74, 6) is -0.993. The molecule has 7 nitrogen and oxygen atoms in total. The number of amides is 1. The number of likely N-dealkylation sites (tertiary alicyclic amines) is 1. The number of rotatable bonds is 6. The van der Waals surface area contributed by atoms with Gasteiger partial charge in [-0.2, -0.15) is 0 Å². The van der Waals surface area contributed by atoms with Crippen LogP contribution >= 0.6 is 0 Å². The third-order valence-corrected chi connectivity index (χ3v) is 4.74. The van der Waals surface area contributed by atoms with Gasteiger partial charge >= 0.3 is 5.97 Å². The molecule has 1 aromatic rings. The molecular weight excluding hydrogens is 332 g/mol. The van der Waals surface area contributed by atoms with Crippen molar-refractivity contribution in [2.75, 3.05) is 19.3 Å². The normalized spacial score (nSPS) is 18.4. The van der Waals surface area contributed by atoms with E-state index in [1.807, 2.05) is 0 Å². The second-order valence-electron chi connectivity index (χ2n) is 6.07. The van der Waals surface area contributed by atoms with E-state index in [0.717, 1.165) is 24.7 Å². The number of hydrogen-bond acceptors (Lipinski definition) is 4. The van der Waals surface area contributed by atoms with E-state index in [-0.39, 0.29) is 17.5 Å². The molecule has 2 N–H and O–H groups in total. The number of benzene rings is 1. The van der Waals surface area contributed by atoms with Gasteiger partial charge in [-0.05, 0) is 37.0 Å². The molecule has 0 aromatic heterocycles. The first-order valence-electron chi connectivity index (χ1n) is 7.82. The molecule has 0 aliphatic carbocycles. The maximum atomic E-state index is 12.3.